The van der Waals surface area contributed by atoms with Gasteiger partial charge in [-0.2, -0.15) is 0 Å². The lowest BCUT2D eigenvalue weighted by Crippen LogP contribution is -2.17. The minimum Gasteiger partial charge on any atom is -0.298 e. The van der Waals surface area contributed by atoms with Gasteiger partial charge in [0.05, 0.1) is 0 Å². The zero-order chi connectivity index (χ0) is 13.0. The fourth-order valence-electron chi connectivity index (χ4n) is 1.83. The molecule has 1 aromatic heterocycles. The number of nitrogens with zero attached hydrogens (tertiary/aromatic N) is 2. The van der Waals surface area contributed by atoms with E-state index >= 15 is 0 Å². The molecule has 2 nitrogen and oxygen atoms in total. The molecular weight excluding hydrogens is 312 g/mol. The molecule has 1 heterocycles. The van der Waals surface area contributed by atoms with Crippen LogP contribution >= 0.6 is 27.5 Å². The van der Waals surface area contributed by atoms with Crippen LogP contribution < -0.4 is 0 Å². The Balaban J connectivity index is 2.01. The lowest BCUT2D eigenvalue weighted by Gasteiger charge is -2.17. The molecule has 0 spiro atoms. The summed E-state index contributed by atoms with van der Waals surface area (Å²) in [6.07, 6.45) is 3.67. The molecule has 0 radical (unpaired) electrons. The van der Waals surface area contributed by atoms with Crippen molar-refractivity contribution >= 4 is 27.5 Å². The monoisotopic (exact) mass is 324 g/mol. The summed E-state index contributed by atoms with van der Waals surface area (Å²) in [5, 5.41) is 0.816. The first-order chi connectivity index (χ1) is 8.65. The zero-order valence-corrected chi connectivity index (χ0v) is 12.4. The Morgan fingerprint density at radius 2 is 2.00 bits per heavy atom. The number of benzene rings is 1. The van der Waals surface area contributed by atoms with E-state index in [0.29, 0.717) is 0 Å². The third kappa shape index (κ3) is 3.80. The van der Waals surface area contributed by atoms with E-state index in [-0.39, 0.29) is 0 Å². The van der Waals surface area contributed by atoms with Crippen molar-refractivity contribution in [1.29, 1.82) is 0 Å². The van der Waals surface area contributed by atoms with Gasteiger partial charge < -0.3 is 0 Å². The zero-order valence-electron chi connectivity index (χ0n) is 10.1. The molecular formula is C14H14BrClN2. The molecule has 0 atom stereocenters. The van der Waals surface area contributed by atoms with Crippen LogP contribution in [0.1, 0.15) is 11.1 Å². The van der Waals surface area contributed by atoms with Crippen LogP contribution in [-0.4, -0.2) is 16.9 Å². The van der Waals surface area contributed by atoms with Crippen LogP contribution in [0.3, 0.4) is 0 Å². The molecule has 1 aromatic carbocycles. The second-order valence-electron chi connectivity index (χ2n) is 4.28. The highest BCUT2D eigenvalue weighted by Gasteiger charge is 2.05. The second-order valence-corrected chi connectivity index (χ2v) is 5.60. The Hall–Kier alpha value is -0.900. The first-order valence-electron chi connectivity index (χ1n) is 5.66. The SMILES string of the molecule is CN(Cc1cncc(Br)c1)Cc1ccccc1Cl. The van der Waals surface area contributed by atoms with Crippen LogP contribution in [0.15, 0.2) is 47.2 Å². The molecule has 0 N–H and O–H groups in total. The van der Waals surface area contributed by atoms with E-state index in [2.05, 4.69) is 45.0 Å². The maximum Gasteiger partial charge on any atom is 0.0451 e. The van der Waals surface area contributed by atoms with Gasteiger partial charge in [0.15, 0.2) is 0 Å². The van der Waals surface area contributed by atoms with Crippen LogP contribution in [0.5, 0.6) is 0 Å². The average molecular weight is 326 g/mol. The predicted octanol–water partition coefficient (Wildman–Crippen LogP) is 4.13. The maximum absolute atomic E-state index is 6.15. The first-order valence-corrected chi connectivity index (χ1v) is 6.83. The molecule has 0 bridgehead atoms. The number of hydrogen-bond donors (Lipinski definition) is 0. The molecule has 0 fully saturated rings. The summed E-state index contributed by atoms with van der Waals surface area (Å²) in [5.41, 5.74) is 2.32. The summed E-state index contributed by atoms with van der Waals surface area (Å²) in [5.74, 6) is 0. The summed E-state index contributed by atoms with van der Waals surface area (Å²) in [4.78, 5) is 6.38. The maximum atomic E-state index is 6.15. The lowest BCUT2D eigenvalue weighted by molar-refractivity contribution is 0.318. The van der Waals surface area contributed by atoms with Crippen LogP contribution in [0.2, 0.25) is 5.02 Å². The standard InChI is InChI=1S/C14H14BrClN2/c1-18(9-11-6-13(15)8-17-7-11)10-12-4-2-3-5-14(12)16/h2-8H,9-10H2,1H3. The van der Waals surface area contributed by atoms with Gasteiger partial charge in [0.1, 0.15) is 0 Å². The molecule has 0 saturated carbocycles. The van der Waals surface area contributed by atoms with Gasteiger partial charge in [-0.25, -0.2) is 0 Å². The molecule has 2 aromatic rings. The Labute approximate surface area is 121 Å². The summed E-state index contributed by atoms with van der Waals surface area (Å²) >= 11 is 9.58. The van der Waals surface area contributed by atoms with Crippen LogP contribution in [-0.2, 0) is 13.1 Å². The van der Waals surface area contributed by atoms with Crippen molar-refractivity contribution in [2.24, 2.45) is 0 Å². The fourth-order valence-corrected chi connectivity index (χ4v) is 2.44. The number of halogens is 2. The molecule has 0 amide bonds. The Morgan fingerprint density at radius 1 is 1.22 bits per heavy atom. The summed E-state index contributed by atoms with van der Waals surface area (Å²) in [6, 6.07) is 10.0. The summed E-state index contributed by atoms with van der Waals surface area (Å²) in [7, 11) is 2.07. The molecule has 0 saturated heterocycles. The third-order valence-corrected chi connectivity index (χ3v) is 3.41. The predicted molar refractivity (Wildman–Crippen MR) is 78.6 cm³/mol. The quantitative estimate of drug-likeness (QED) is 0.840. The number of hydrogen-bond acceptors (Lipinski definition) is 2. The van der Waals surface area contributed by atoms with Gasteiger partial charge in [0.25, 0.3) is 0 Å². The number of pyridine rings is 1. The Morgan fingerprint density at radius 3 is 2.72 bits per heavy atom. The topological polar surface area (TPSA) is 16.1 Å². The van der Waals surface area contributed by atoms with Crippen molar-refractivity contribution in [1.82, 2.24) is 9.88 Å². The van der Waals surface area contributed by atoms with Crippen molar-refractivity contribution in [3.8, 4) is 0 Å². The highest BCUT2D eigenvalue weighted by Crippen LogP contribution is 2.18. The van der Waals surface area contributed by atoms with E-state index in [1.54, 1.807) is 6.20 Å². The highest BCUT2D eigenvalue weighted by molar-refractivity contribution is 9.10. The number of rotatable bonds is 4. The van der Waals surface area contributed by atoms with E-state index in [1.807, 2.05) is 24.4 Å². The van der Waals surface area contributed by atoms with Gasteiger partial charge in [-0.3, -0.25) is 9.88 Å². The average Bonchev–Trinajstić information content (AvgIpc) is 2.32. The van der Waals surface area contributed by atoms with Gasteiger partial charge in [-0.15, -0.1) is 0 Å². The minimum absolute atomic E-state index is 0.816. The van der Waals surface area contributed by atoms with Crippen LogP contribution in [0, 0.1) is 0 Å². The van der Waals surface area contributed by atoms with Crippen LogP contribution in [0.4, 0.5) is 0 Å². The largest absolute Gasteiger partial charge is 0.298 e. The van der Waals surface area contributed by atoms with E-state index in [0.717, 1.165) is 28.1 Å². The molecule has 2 rings (SSSR count). The van der Waals surface area contributed by atoms with E-state index < -0.39 is 0 Å². The van der Waals surface area contributed by atoms with E-state index in [1.165, 1.54) is 5.56 Å². The van der Waals surface area contributed by atoms with E-state index in [9.17, 15) is 0 Å². The van der Waals surface area contributed by atoms with Gasteiger partial charge in [0.2, 0.25) is 0 Å². The molecule has 0 aliphatic rings. The van der Waals surface area contributed by atoms with Gasteiger partial charge in [-0.05, 0) is 46.2 Å². The van der Waals surface area contributed by atoms with Crippen molar-refractivity contribution in [2.75, 3.05) is 7.05 Å². The smallest absolute Gasteiger partial charge is 0.0451 e. The normalized spacial score (nSPS) is 10.9. The van der Waals surface area contributed by atoms with E-state index in [4.69, 9.17) is 11.6 Å². The molecule has 0 aliphatic carbocycles. The van der Waals surface area contributed by atoms with Crippen LogP contribution in [0.25, 0.3) is 0 Å². The molecule has 0 aliphatic heterocycles. The summed E-state index contributed by atoms with van der Waals surface area (Å²) in [6.45, 7) is 1.67. The lowest BCUT2D eigenvalue weighted by atomic mass is 10.2. The van der Waals surface area contributed by atoms with Gasteiger partial charge >= 0.3 is 0 Å². The van der Waals surface area contributed by atoms with Crippen molar-refractivity contribution in [3.05, 3.63) is 63.3 Å². The second kappa shape index (κ2) is 6.32. The fraction of sp³-hybridized carbons (Fsp3) is 0.214. The van der Waals surface area contributed by atoms with Crippen molar-refractivity contribution in [2.45, 2.75) is 13.1 Å². The van der Waals surface area contributed by atoms with Crippen molar-refractivity contribution < 1.29 is 0 Å². The molecule has 94 valence electrons. The molecule has 18 heavy (non-hydrogen) atoms. The molecule has 4 heteroatoms. The third-order valence-electron chi connectivity index (χ3n) is 2.61. The van der Waals surface area contributed by atoms with Gasteiger partial charge in [0, 0.05) is 35.0 Å². The van der Waals surface area contributed by atoms with Crippen molar-refractivity contribution in [3.63, 3.8) is 0 Å². The number of aromatic nitrogens is 1. The highest BCUT2D eigenvalue weighted by atomic mass is 79.9. The van der Waals surface area contributed by atoms with Gasteiger partial charge in [-0.1, -0.05) is 29.8 Å². The molecule has 0 unspecified atom stereocenters. The minimum atomic E-state index is 0.816. The Bertz CT molecular complexity index is 531. The Kier molecular flexibility index (Phi) is 4.75. The summed E-state index contributed by atoms with van der Waals surface area (Å²) < 4.78 is 1.01. The first kappa shape index (κ1) is 13.5.